The maximum absolute atomic E-state index is 9.30. The standard InChI is InChI=1S/C14H21N3S/c1-14(2,3)13-17-12(9-18-13)11(8-15)16-10-6-4-5-7-10/h9-11,16H,4-7H2,1-3H3. The Hall–Kier alpha value is -0.920. The molecule has 0 radical (unpaired) electrons. The lowest BCUT2D eigenvalue weighted by Gasteiger charge is -2.16. The lowest BCUT2D eigenvalue weighted by atomic mass is 9.98. The first-order valence-corrected chi connectivity index (χ1v) is 7.50. The topological polar surface area (TPSA) is 48.7 Å². The SMILES string of the molecule is CC(C)(C)c1nc(C(C#N)NC2CCCC2)cs1. The molecular weight excluding hydrogens is 242 g/mol. The van der Waals surface area contributed by atoms with E-state index in [2.05, 4.69) is 37.1 Å². The summed E-state index contributed by atoms with van der Waals surface area (Å²) in [5.41, 5.74) is 0.954. The molecule has 0 aromatic carbocycles. The zero-order valence-corrected chi connectivity index (χ0v) is 12.2. The first-order chi connectivity index (χ1) is 8.50. The summed E-state index contributed by atoms with van der Waals surface area (Å²) in [4.78, 5) is 4.63. The third-order valence-corrected chi connectivity index (χ3v) is 4.63. The molecule has 98 valence electrons. The van der Waals surface area contributed by atoms with Gasteiger partial charge < -0.3 is 0 Å². The van der Waals surface area contributed by atoms with Gasteiger partial charge in [0, 0.05) is 16.8 Å². The molecular formula is C14H21N3S. The summed E-state index contributed by atoms with van der Waals surface area (Å²) in [6.45, 7) is 6.46. The van der Waals surface area contributed by atoms with Crippen molar-refractivity contribution in [2.45, 2.75) is 64.0 Å². The number of nitrogens with one attached hydrogen (secondary N) is 1. The fourth-order valence-electron chi connectivity index (χ4n) is 2.28. The predicted molar refractivity (Wildman–Crippen MR) is 74.6 cm³/mol. The number of nitrogens with zero attached hydrogens (tertiary/aromatic N) is 2. The van der Waals surface area contributed by atoms with Crippen LogP contribution in [0.3, 0.4) is 0 Å². The molecule has 4 heteroatoms. The van der Waals surface area contributed by atoms with E-state index >= 15 is 0 Å². The molecule has 1 aliphatic rings. The van der Waals surface area contributed by atoms with Crippen molar-refractivity contribution in [3.63, 3.8) is 0 Å². The number of thiazole rings is 1. The summed E-state index contributed by atoms with van der Waals surface area (Å²) < 4.78 is 0. The van der Waals surface area contributed by atoms with Crippen LogP contribution in [0.25, 0.3) is 0 Å². The van der Waals surface area contributed by atoms with Gasteiger partial charge in [-0.25, -0.2) is 4.98 Å². The lowest BCUT2D eigenvalue weighted by molar-refractivity contribution is 0.485. The van der Waals surface area contributed by atoms with E-state index in [-0.39, 0.29) is 11.5 Å². The van der Waals surface area contributed by atoms with Crippen LogP contribution in [0.15, 0.2) is 5.38 Å². The van der Waals surface area contributed by atoms with Crippen molar-refractivity contribution >= 4 is 11.3 Å². The van der Waals surface area contributed by atoms with Gasteiger partial charge in [-0.1, -0.05) is 33.6 Å². The normalized spacial score (nSPS) is 18.8. The maximum Gasteiger partial charge on any atom is 0.139 e. The molecule has 0 spiro atoms. The number of hydrogen-bond acceptors (Lipinski definition) is 4. The van der Waals surface area contributed by atoms with Gasteiger partial charge in [-0.3, -0.25) is 5.32 Å². The molecule has 0 amide bonds. The summed E-state index contributed by atoms with van der Waals surface area (Å²) in [5, 5.41) is 15.9. The molecule has 1 N–H and O–H groups in total. The molecule has 1 unspecified atom stereocenters. The summed E-state index contributed by atoms with van der Waals surface area (Å²) >= 11 is 1.66. The van der Waals surface area contributed by atoms with Gasteiger partial charge in [0.05, 0.1) is 16.8 Å². The van der Waals surface area contributed by atoms with Crippen LogP contribution in [0.2, 0.25) is 0 Å². The highest BCUT2D eigenvalue weighted by molar-refractivity contribution is 7.09. The Morgan fingerprint density at radius 3 is 2.61 bits per heavy atom. The minimum Gasteiger partial charge on any atom is -0.294 e. The van der Waals surface area contributed by atoms with Gasteiger partial charge in [-0.15, -0.1) is 11.3 Å². The molecule has 1 aromatic heterocycles. The van der Waals surface area contributed by atoms with Crippen molar-refractivity contribution < 1.29 is 0 Å². The number of aromatic nitrogens is 1. The molecule has 18 heavy (non-hydrogen) atoms. The van der Waals surface area contributed by atoms with E-state index in [1.807, 2.05) is 5.38 Å². The Kier molecular flexibility index (Phi) is 4.04. The molecule has 3 nitrogen and oxygen atoms in total. The van der Waals surface area contributed by atoms with Crippen LogP contribution in [0.1, 0.15) is 63.2 Å². The van der Waals surface area contributed by atoms with Crippen LogP contribution < -0.4 is 5.32 Å². The Labute approximate surface area is 113 Å². The molecule has 1 aliphatic carbocycles. The van der Waals surface area contributed by atoms with Crippen LogP contribution in [-0.2, 0) is 5.41 Å². The second-order valence-corrected chi connectivity index (χ2v) is 6.90. The van der Waals surface area contributed by atoms with Gasteiger partial charge in [0.15, 0.2) is 0 Å². The molecule has 1 heterocycles. The summed E-state index contributed by atoms with van der Waals surface area (Å²) in [6, 6.07) is 2.59. The summed E-state index contributed by atoms with van der Waals surface area (Å²) in [6.07, 6.45) is 4.93. The highest BCUT2D eigenvalue weighted by atomic mass is 32.1. The summed E-state index contributed by atoms with van der Waals surface area (Å²) in [7, 11) is 0. The molecule has 2 rings (SSSR count). The van der Waals surface area contributed by atoms with Crippen LogP contribution in [0.5, 0.6) is 0 Å². The third-order valence-electron chi connectivity index (χ3n) is 3.35. The van der Waals surface area contributed by atoms with E-state index in [9.17, 15) is 5.26 Å². The fourth-order valence-corrected chi connectivity index (χ4v) is 3.21. The maximum atomic E-state index is 9.30. The highest BCUT2D eigenvalue weighted by Gasteiger charge is 2.24. The van der Waals surface area contributed by atoms with Gasteiger partial charge in [0.2, 0.25) is 0 Å². The molecule has 1 aromatic rings. The minimum atomic E-state index is -0.250. The molecule has 1 saturated carbocycles. The van der Waals surface area contributed by atoms with Gasteiger partial charge in [0.25, 0.3) is 0 Å². The van der Waals surface area contributed by atoms with E-state index in [4.69, 9.17) is 0 Å². The van der Waals surface area contributed by atoms with Crippen molar-refractivity contribution in [1.82, 2.24) is 10.3 Å². The third kappa shape index (κ3) is 3.09. The van der Waals surface area contributed by atoms with Crippen molar-refractivity contribution in [3.8, 4) is 6.07 Å². The van der Waals surface area contributed by atoms with Gasteiger partial charge >= 0.3 is 0 Å². The highest BCUT2D eigenvalue weighted by Crippen LogP contribution is 2.28. The Balaban J connectivity index is 2.08. The summed E-state index contributed by atoms with van der Waals surface area (Å²) in [5.74, 6) is 0. The molecule has 0 bridgehead atoms. The van der Waals surface area contributed by atoms with Crippen molar-refractivity contribution in [2.24, 2.45) is 0 Å². The van der Waals surface area contributed by atoms with Crippen molar-refractivity contribution in [3.05, 3.63) is 16.1 Å². The molecule has 0 aliphatic heterocycles. The van der Waals surface area contributed by atoms with Crippen LogP contribution in [0, 0.1) is 11.3 Å². The van der Waals surface area contributed by atoms with E-state index < -0.39 is 0 Å². The first-order valence-electron chi connectivity index (χ1n) is 6.62. The lowest BCUT2D eigenvalue weighted by Crippen LogP contribution is -2.30. The van der Waals surface area contributed by atoms with Crippen molar-refractivity contribution in [2.75, 3.05) is 0 Å². The van der Waals surface area contributed by atoms with E-state index in [1.54, 1.807) is 11.3 Å². The Bertz CT molecular complexity index is 433. The second-order valence-electron chi connectivity index (χ2n) is 6.04. The average Bonchev–Trinajstić information content (AvgIpc) is 2.95. The monoisotopic (exact) mass is 263 g/mol. The zero-order chi connectivity index (χ0) is 13.2. The van der Waals surface area contributed by atoms with Gasteiger partial charge in [0.1, 0.15) is 6.04 Å². The van der Waals surface area contributed by atoms with Crippen LogP contribution in [-0.4, -0.2) is 11.0 Å². The number of rotatable bonds is 3. The van der Waals surface area contributed by atoms with Gasteiger partial charge in [-0.2, -0.15) is 5.26 Å². The zero-order valence-electron chi connectivity index (χ0n) is 11.4. The number of hydrogen-bond donors (Lipinski definition) is 1. The van der Waals surface area contributed by atoms with E-state index in [1.165, 1.54) is 25.7 Å². The molecule has 1 fully saturated rings. The largest absolute Gasteiger partial charge is 0.294 e. The average molecular weight is 263 g/mol. The van der Waals surface area contributed by atoms with E-state index in [0.717, 1.165) is 10.7 Å². The van der Waals surface area contributed by atoms with E-state index in [0.29, 0.717) is 6.04 Å². The Morgan fingerprint density at radius 2 is 2.11 bits per heavy atom. The fraction of sp³-hybridized carbons (Fsp3) is 0.714. The van der Waals surface area contributed by atoms with Crippen LogP contribution >= 0.6 is 11.3 Å². The smallest absolute Gasteiger partial charge is 0.139 e. The molecule has 0 saturated heterocycles. The Morgan fingerprint density at radius 1 is 1.44 bits per heavy atom. The van der Waals surface area contributed by atoms with Crippen molar-refractivity contribution in [1.29, 1.82) is 5.26 Å². The van der Waals surface area contributed by atoms with Gasteiger partial charge in [-0.05, 0) is 12.8 Å². The predicted octanol–water partition coefficient (Wildman–Crippen LogP) is 3.54. The minimum absolute atomic E-state index is 0.0658. The second kappa shape index (κ2) is 5.38. The quantitative estimate of drug-likeness (QED) is 0.907. The molecule has 1 atom stereocenters. The first kappa shape index (κ1) is 13.5. The van der Waals surface area contributed by atoms with Crippen LogP contribution in [0.4, 0.5) is 0 Å². The number of nitriles is 1.